The van der Waals surface area contributed by atoms with Crippen LogP contribution >= 0.6 is 11.8 Å². The van der Waals surface area contributed by atoms with Crippen molar-refractivity contribution in [1.29, 1.82) is 10.5 Å². The molecule has 0 aliphatic heterocycles. The highest BCUT2D eigenvalue weighted by atomic mass is 32.2. The molecule has 1 amide bonds. The number of aliphatic carboxylic acids is 1. The normalized spacial score (nSPS) is 16.5. The van der Waals surface area contributed by atoms with E-state index in [-0.39, 0.29) is 6.42 Å². The van der Waals surface area contributed by atoms with Crippen molar-refractivity contribution in [2.24, 2.45) is 11.5 Å². The summed E-state index contributed by atoms with van der Waals surface area (Å²) in [4.78, 5) is 27.1. The number of carboxylic acids is 1. The van der Waals surface area contributed by atoms with E-state index in [4.69, 9.17) is 21.4 Å². The summed E-state index contributed by atoms with van der Waals surface area (Å²) in [5.41, 5.74) is 12.6. The van der Waals surface area contributed by atoms with Gasteiger partial charge in [0, 0.05) is 26.6 Å². The molecular weight excluding hydrogens is 485 g/mol. The third-order valence-corrected chi connectivity index (χ3v) is 6.12. The molecule has 0 bridgehead atoms. The monoisotopic (exact) mass is 510 g/mol. The Morgan fingerprint density at radius 3 is 2.29 bits per heavy atom. The van der Waals surface area contributed by atoms with Crippen LogP contribution in [0.3, 0.4) is 0 Å². The van der Waals surface area contributed by atoms with Crippen LogP contribution in [0.15, 0.2) is 29.3 Å². The number of hydrogen-bond acceptors (Lipinski definition) is 8. The van der Waals surface area contributed by atoms with Gasteiger partial charge in [-0.3, -0.25) is 4.79 Å². The quantitative estimate of drug-likeness (QED) is 0.475. The Bertz CT molecular complexity index is 1090. The summed E-state index contributed by atoms with van der Waals surface area (Å²) >= 11 is 1.35. The largest absolute Gasteiger partial charge is 0.490 e. The SMILES string of the molecule is CCc1c(C#N)c(SC2(CC(N)=O)C=CC=CC2)nc(N(C)CCN)c1C#N.O=C(O)C(F)(F)F. The van der Waals surface area contributed by atoms with Crippen LogP contribution in [0, 0.1) is 22.7 Å². The number of likely N-dealkylation sites (N-methyl/N-ethyl adjacent to an activating group) is 1. The van der Waals surface area contributed by atoms with E-state index in [1.54, 1.807) is 0 Å². The fourth-order valence-corrected chi connectivity index (χ4v) is 4.54. The number of pyridine rings is 1. The first-order valence-corrected chi connectivity index (χ1v) is 11.1. The van der Waals surface area contributed by atoms with Gasteiger partial charge in [0.15, 0.2) is 0 Å². The maximum atomic E-state index is 11.7. The Balaban J connectivity index is 0.000000762. The summed E-state index contributed by atoms with van der Waals surface area (Å²) in [6, 6.07) is 4.41. The second-order valence-electron chi connectivity index (χ2n) is 7.36. The Morgan fingerprint density at radius 1 is 1.29 bits per heavy atom. The highest BCUT2D eigenvalue weighted by Gasteiger charge is 2.38. The average molecular weight is 511 g/mol. The Kier molecular flexibility index (Phi) is 10.8. The third kappa shape index (κ3) is 8.02. The van der Waals surface area contributed by atoms with E-state index in [1.165, 1.54) is 11.8 Å². The molecule has 0 fully saturated rings. The van der Waals surface area contributed by atoms with Crippen molar-refractivity contribution >= 4 is 29.5 Å². The maximum Gasteiger partial charge on any atom is 0.490 e. The molecule has 188 valence electrons. The van der Waals surface area contributed by atoms with Crippen molar-refractivity contribution in [1.82, 2.24) is 4.98 Å². The lowest BCUT2D eigenvalue weighted by Crippen LogP contribution is -2.31. The van der Waals surface area contributed by atoms with Crippen LogP contribution in [0.1, 0.15) is 36.5 Å². The minimum atomic E-state index is -5.08. The van der Waals surface area contributed by atoms with Crippen molar-refractivity contribution in [2.45, 2.75) is 42.1 Å². The van der Waals surface area contributed by atoms with Crippen LogP contribution in [0.2, 0.25) is 0 Å². The van der Waals surface area contributed by atoms with E-state index in [2.05, 4.69) is 17.1 Å². The van der Waals surface area contributed by atoms with Gasteiger partial charge in [0.25, 0.3) is 0 Å². The summed E-state index contributed by atoms with van der Waals surface area (Å²) in [5, 5.41) is 27.1. The molecule has 1 unspecified atom stereocenters. The van der Waals surface area contributed by atoms with Gasteiger partial charge >= 0.3 is 12.1 Å². The molecule has 0 saturated heterocycles. The number of hydrogen-bond donors (Lipinski definition) is 3. The lowest BCUT2D eigenvalue weighted by Gasteiger charge is -2.30. The molecule has 1 aromatic heterocycles. The summed E-state index contributed by atoms with van der Waals surface area (Å²) in [6.07, 6.45) is 3.84. The highest BCUT2D eigenvalue weighted by Crippen LogP contribution is 2.44. The minimum Gasteiger partial charge on any atom is -0.475 e. The van der Waals surface area contributed by atoms with Gasteiger partial charge in [-0.15, -0.1) is 0 Å². The zero-order valence-corrected chi connectivity index (χ0v) is 19.9. The molecule has 13 heteroatoms. The van der Waals surface area contributed by atoms with Crippen molar-refractivity contribution in [3.63, 3.8) is 0 Å². The molecule has 35 heavy (non-hydrogen) atoms. The fraction of sp³-hybridized carbons (Fsp3) is 0.409. The molecular formula is C22H25F3N6O3S. The van der Waals surface area contributed by atoms with Gasteiger partial charge in [0.1, 0.15) is 23.0 Å². The number of carboxylic acid groups (broad SMARTS) is 1. The first kappa shape index (κ1) is 29.5. The number of amides is 1. The summed E-state index contributed by atoms with van der Waals surface area (Å²) in [7, 11) is 1.82. The molecule has 5 N–H and O–H groups in total. The zero-order valence-electron chi connectivity index (χ0n) is 19.1. The number of carbonyl (C=O) groups is 2. The standard InChI is InChI=1S/C20H24N6OS.C2HF3O2/c1-3-14-15(12-22)18(26(2)10-9-21)25-19(16(14)13-23)28-20(11-17(24)27)7-5-4-6-8-20;3-2(4,5)1(6)7/h4-7H,3,8-11,21H2,1-2H3,(H2,24,27);(H,6,7). The third-order valence-electron chi connectivity index (χ3n) is 4.78. The second-order valence-corrected chi connectivity index (χ2v) is 8.76. The topological polar surface area (TPSA) is 170 Å². The first-order valence-electron chi connectivity index (χ1n) is 10.3. The van der Waals surface area contributed by atoms with Crippen LogP contribution in [0.5, 0.6) is 0 Å². The second kappa shape index (κ2) is 12.8. The Hall–Kier alpha value is -3.55. The molecule has 1 heterocycles. The predicted octanol–water partition coefficient (Wildman–Crippen LogP) is 2.64. The van der Waals surface area contributed by atoms with Gasteiger partial charge in [-0.25, -0.2) is 9.78 Å². The van der Waals surface area contributed by atoms with E-state index in [1.807, 2.05) is 43.2 Å². The van der Waals surface area contributed by atoms with Crippen LogP contribution in [-0.4, -0.2) is 53.0 Å². The smallest absolute Gasteiger partial charge is 0.475 e. The van der Waals surface area contributed by atoms with E-state index in [9.17, 15) is 28.5 Å². The average Bonchev–Trinajstić information content (AvgIpc) is 2.78. The number of halogens is 3. The molecule has 9 nitrogen and oxygen atoms in total. The van der Waals surface area contributed by atoms with Crippen molar-refractivity contribution in [3.05, 3.63) is 41.0 Å². The molecule has 2 rings (SSSR count). The summed E-state index contributed by atoms with van der Waals surface area (Å²) in [6.45, 7) is 2.84. The summed E-state index contributed by atoms with van der Waals surface area (Å²) < 4.78 is 31.1. The maximum absolute atomic E-state index is 11.7. The number of anilines is 1. The van der Waals surface area contributed by atoms with E-state index in [0.717, 1.165) is 0 Å². The lowest BCUT2D eigenvalue weighted by molar-refractivity contribution is -0.192. The van der Waals surface area contributed by atoms with Gasteiger partial charge < -0.3 is 21.5 Å². The fourth-order valence-electron chi connectivity index (χ4n) is 3.21. The number of rotatable bonds is 8. The predicted molar refractivity (Wildman–Crippen MR) is 124 cm³/mol. The van der Waals surface area contributed by atoms with Crippen LogP contribution in [-0.2, 0) is 16.0 Å². The van der Waals surface area contributed by atoms with Crippen molar-refractivity contribution in [2.75, 3.05) is 25.0 Å². The number of allylic oxidation sites excluding steroid dienone is 3. The van der Waals surface area contributed by atoms with Crippen LogP contribution < -0.4 is 16.4 Å². The Morgan fingerprint density at radius 2 is 1.89 bits per heavy atom. The number of carbonyl (C=O) groups excluding carboxylic acids is 1. The van der Waals surface area contributed by atoms with E-state index < -0.39 is 22.8 Å². The van der Waals surface area contributed by atoms with Crippen molar-refractivity contribution in [3.8, 4) is 12.1 Å². The molecule has 1 atom stereocenters. The van der Waals surface area contributed by atoms with Gasteiger partial charge in [-0.2, -0.15) is 23.7 Å². The van der Waals surface area contributed by atoms with Gasteiger partial charge in [0.05, 0.1) is 15.9 Å². The highest BCUT2D eigenvalue weighted by molar-refractivity contribution is 8.00. The first-order chi connectivity index (χ1) is 16.4. The molecule has 0 spiro atoms. The van der Waals surface area contributed by atoms with Gasteiger partial charge in [-0.1, -0.05) is 43.0 Å². The van der Waals surface area contributed by atoms with E-state index in [0.29, 0.717) is 53.5 Å². The molecule has 0 saturated carbocycles. The van der Waals surface area contributed by atoms with Gasteiger partial charge in [0.2, 0.25) is 5.91 Å². The number of nitrogens with two attached hydrogens (primary N) is 2. The Labute approximate surface area is 204 Å². The van der Waals surface area contributed by atoms with E-state index >= 15 is 0 Å². The minimum absolute atomic E-state index is 0.125. The number of thioether (sulfide) groups is 1. The number of aromatic nitrogens is 1. The number of alkyl halides is 3. The number of nitriles is 2. The molecule has 1 aliphatic carbocycles. The molecule has 1 aliphatic rings. The van der Waals surface area contributed by atoms with Crippen LogP contribution in [0.4, 0.5) is 19.0 Å². The van der Waals surface area contributed by atoms with Gasteiger partial charge in [-0.05, 0) is 18.4 Å². The molecule has 0 aromatic carbocycles. The molecule has 1 aromatic rings. The zero-order chi connectivity index (χ0) is 26.8. The van der Waals surface area contributed by atoms with Crippen molar-refractivity contribution < 1.29 is 27.9 Å². The molecule has 0 radical (unpaired) electrons. The number of primary amides is 1. The lowest BCUT2D eigenvalue weighted by atomic mass is 9.96. The van der Waals surface area contributed by atoms with Crippen LogP contribution in [0.25, 0.3) is 0 Å². The number of nitrogens with zero attached hydrogens (tertiary/aromatic N) is 4. The summed E-state index contributed by atoms with van der Waals surface area (Å²) in [5.74, 6) is -2.68.